The molecule has 1 N–H and O–H groups in total. The minimum Gasteiger partial charge on any atom is -0.489 e. The minimum atomic E-state index is -3.92. The van der Waals surface area contributed by atoms with Gasteiger partial charge in [0, 0.05) is 29.1 Å². The standard InChI is InChI=1S/C35H37Cl2N3O5S/c1-25(2)38-35(42)33(20-26-10-6-4-7-11-26)39(22-28-14-15-29(36)21-32(28)37)34(41)23-40(46(3,43)44)30-16-18-31(19-17-30)45-24-27-12-8-5-9-13-27/h4-19,21,25,33H,20,22-24H2,1-3H3,(H,38,42)/t33-/m1/s1. The van der Waals surface area contributed by atoms with Crippen LogP contribution in [0, 0.1) is 0 Å². The molecule has 0 fully saturated rings. The quantitative estimate of drug-likeness (QED) is 0.164. The van der Waals surface area contributed by atoms with Gasteiger partial charge >= 0.3 is 0 Å². The third kappa shape index (κ3) is 9.97. The topological polar surface area (TPSA) is 96.0 Å². The number of rotatable bonds is 14. The summed E-state index contributed by atoms with van der Waals surface area (Å²) in [5.41, 5.74) is 2.65. The van der Waals surface area contributed by atoms with E-state index in [0.717, 1.165) is 21.7 Å². The Labute approximate surface area is 280 Å². The molecule has 46 heavy (non-hydrogen) atoms. The van der Waals surface area contributed by atoms with Gasteiger partial charge in [-0.1, -0.05) is 89.9 Å². The summed E-state index contributed by atoms with van der Waals surface area (Å²) in [4.78, 5) is 29.3. The van der Waals surface area contributed by atoms with Crippen molar-refractivity contribution in [2.24, 2.45) is 0 Å². The Hall–Kier alpha value is -4.05. The number of benzene rings is 4. The average Bonchev–Trinajstić information content (AvgIpc) is 3.02. The molecule has 0 saturated heterocycles. The first kappa shape index (κ1) is 34.8. The Morgan fingerprint density at radius 3 is 2.02 bits per heavy atom. The molecule has 0 heterocycles. The molecule has 8 nitrogen and oxygen atoms in total. The third-order valence-electron chi connectivity index (χ3n) is 7.11. The molecule has 4 rings (SSSR count). The van der Waals surface area contributed by atoms with Gasteiger partial charge in [-0.05, 0) is 66.9 Å². The fourth-order valence-electron chi connectivity index (χ4n) is 4.83. The maximum absolute atomic E-state index is 14.3. The normalized spacial score (nSPS) is 12.0. The van der Waals surface area contributed by atoms with E-state index in [4.69, 9.17) is 27.9 Å². The highest BCUT2D eigenvalue weighted by Crippen LogP contribution is 2.26. The molecule has 4 aromatic carbocycles. The van der Waals surface area contributed by atoms with Crippen LogP contribution < -0.4 is 14.4 Å². The fourth-order valence-corrected chi connectivity index (χ4v) is 6.15. The van der Waals surface area contributed by atoms with Gasteiger partial charge in [-0.25, -0.2) is 8.42 Å². The molecule has 0 saturated carbocycles. The monoisotopic (exact) mass is 681 g/mol. The van der Waals surface area contributed by atoms with E-state index >= 15 is 0 Å². The molecule has 11 heteroatoms. The lowest BCUT2D eigenvalue weighted by atomic mass is 10.0. The number of hydrogen-bond acceptors (Lipinski definition) is 5. The minimum absolute atomic E-state index is 0.0539. The van der Waals surface area contributed by atoms with E-state index in [9.17, 15) is 18.0 Å². The van der Waals surface area contributed by atoms with E-state index in [2.05, 4.69) is 5.32 Å². The number of carbonyl (C=O) groups is 2. The van der Waals surface area contributed by atoms with Crippen LogP contribution in [0.25, 0.3) is 0 Å². The average molecular weight is 683 g/mol. The summed E-state index contributed by atoms with van der Waals surface area (Å²) in [6, 6.07) is 29.2. The third-order valence-corrected chi connectivity index (χ3v) is 8.84. The molecule has 4 aromatic rings. The predicted molar refractivity (Wildman–Crippen MR) is 184 cm³/mol. The molecule has 0 aliphatic heterocycles. The van der Waals surface area contributed by atoms with Gasteiger partial charge in [0.25, 0.3) is 0 Å². The van der Waals surface area contributed by atoms with Crippen molar-refractivity contribution >= 4 is 50.7 Å². The lowest BCUT2D eigenvalue weighted by molar-refractivity contribution is -0.140. The SMILES string of the molecule is CC(C)NC(=O)[C@@H](Cc1ccccc1)N(Cc1ccc(Cl)cc1Cl)C(=O)CN(c1ccc(OCc2ccccc2)cc1)S(C)(=O)=O. The van der Waals surface area contributed by atoms with Crippen molar-refractivity contribution in [3.8, 4) is 5.75 Å². The summed E-state index contributed by atoms with van der Waals surface area (Å²) >= 11 is 12.7. The second-order valence-electron chi connectivity index (χ2n) is 11.2. The van der Waals surface area contributed by atoms with Crippen molar-refractivity contribution in [2.75, 3.05) is 17.1 Å². The number of nitrogens with zero attached hydrogens (tertiary/aromatic N) is 2. The van der Waals surface area contributed by atoms with Crippen molar-refractivity contribution in [3.05, 3.63) is 130 Å². The highest BCUT2D eigenvalue weighted by Gasteiger charge is 2.33. The second-order valence-corrected chi connectivity index (χ2v) is 13.9. The molecule has 0 aliphatic carbocycles. The summed E-state index contributed by atoms with van der Waals surface area (Å²) in [6.07, 6.45) is 1.23. The van der Waals surface area contributed by atoms with E-state index in [1.807, 2.05) is 74.5 Å². The number of carbonyl (C=O) groups excluding carboxylic acids is 2. The first-order valence-electron chi connectivity index (χ1n) is 14.7. The van der Waals surface area contributed by atoms with Gasteiger partial charge in [0.05, 0.1) is 11.9 Å². The number of anilines is 1. The molecular weight excluding hydrogens is 645 g/mol. The Morgan fingerprint density at radius 1 is 0.848 bits per heavy atom. The van der Waals surface area contributed by atoms with E-state index < -0.39 is 28.5 Å². The summed E-state index contributed by atoms with van der Waals surface area (Å²) in [5.74, 6) is -0.413. The largest absolute Gasteiger partial charge is 0.489 e. The number of ether oxygens (including phenoxy) is 1. The molecule has 0 aromatic heterocycles. The van der Waals surface area contributed by atoms with Gasteiger partial charge in [-0.3, -0.25) is 13.9 Å². The number of sulfonamides is 1. The summed E-state index contributed by atoms with van der Waals surface area (Å²) in [7, 11) is -3.92. The summed E-state index contributed by atoms with van der Waals surface area (Å²) in [6.45, 7) is 3.41. The van der Waals surface area contributed by atoms with Gasteiger partial charge < -0.3 is 15.0 Å². The maximum Gasteiger partial charge on any atom is 0.244 e. The molecular formula is C35H37Cl2N3O5S. The van der Waals surface area contributed by atoms with Crippen LogP contribution in [0.2, 0.25) is 10.0 Å². The second kappa shape index (κ2) is 16.0. The fraction of sp³-hybridized carbons (Fsp3) is 0.257. The maximum atomic E-state index is 14.3. The number of hydrogen-bond donors (Lipinski definition) is 1. The molecule has 0 unspecified atom stereocenters. The van der Waals surface area contributed by atoms with Crippen molar-refractivity contribution in [3.63, 3.8) is 0 Å². The lowest BCUT2D eigenvalue weighted by Crippen LogP contribution is -2.54. The highest BCUT2D eigenvalue weighted by atomic mass is 35.5. The first-order chi connectivity index (χ1) is 21.9. The van der Waals surface area contributed by atoms with Crippen LogP contribution in [0.15, 0.2) is 103 Å². The van der Waals surface area contributed by atoms with Crippen molar-refractivity contribution < 1.29 is 22.7 Å². The van der Waals surface area contributed by atoms with Crippen LogP contribution in [0.3, 0.4) is 0 Å². The van der Waals surface area contributed by atoms with Gasteiger partial charge in [0.15, 0.2) is 0 Å². The van der Waals surface area contributed by atoms with Crippen LogP contribution in [0.5, 0.6) is 5.75 Å². The zero-order valence-corrected chi connectivity index (χ0v) is 28.2. The van der Waals surface area contributed by atoms with Crippen LogP contribution in [-0.4, -0.2) is 50.0 Å². The zero-order chi connectivity index (χ0) is 33.3. The van der Waals surface area contributed by atoms with E-state index in [1.165, 1.54) is 4.90 Å². The Kier molecular flexibility index (Phi) is 12.1. The van der Waals surface area contributed by atoms with Crippen LogP contribution >= 0.6 is 23.2 Å². The molecule has 0 aliphatic rings. The van der Waals surface area contributed by atoms with Crippen LogP contribution in [0.4, 0.5) is 5.69 Å². The number of amides is 2. The zero-order valence-electron chi connectivity index (χ0n) is 25.9. The Balaban J connectivity index is 1.66. The molecule has 0 radical (unpaired) electrons. The van der Waals surface area contributed by atoms with E-state index in [-0.39, 0.29) is 30.6 Å². The number of halogens is 2. The van der Waals surface area contributed by atoms with Crippen molar-refractivity contribution in [2.45, 2.75) is 45.5 Å². The summed E-state index contributed by atoms with van der Waals surface area (Å²) in [5, 5.41) is 3.66. The predicted octanol–water partition coefficient (Wildman–Crippen LogP) is 6.50. The number of nitrogens with one attached hydrogen (secondary N) is 1. The van der Waals surface area contributed by atoms with Crippen molar-refractivity contribution in [1.82, 2.24) is 10.2 Å². The molecule has 0 spiro atoms. The van der Waals surface area contributed by atoms with E-state index in [0.29, 0.717) is 28.0 Å². The van der Waals surface area contributed by atoms with Gasteiger partial charge in [-0.2, -0.15) is 0 Å². The van der Waals surface area contributed by atoms with Gasteiger partial charge in [0.2, 0.25) is 21.8 Å². The van der Waals surface area contributed by atoms with Gasteiger partial charge in [0.1, 0.15) is 24.9 Å². The molecule has 2 amide bonds. The van der Waals surface area contributed by atoms with E-state index in [1.54, 1.807) is 42.5 Å². The molecule has 242 valence electrons. The first-order valence-corrected chi connectivity index (χ1v) is 17.3. The van der Waals surface area contributed by atoms with Gasteiger partial charge in [-0.15, -0.1) is 0 Å². The highest BCUT2D eigenvalue weighted by molar-refractivity contribution is 7.92. The Bertz CT molecular complexity index is 1720. The van der Waals surface area contributed by atoms with Crippen molar-refractivity contribution in [1.29, 1.82) is 0 Å². The van der Waals surface area contributed by atoms with Crippen LogP contribution in [-0.2, 0) is 39.2 Å². The lowest BCUT2D eigenvalue weighted by Gasteiger charge is -2.34. The molecule has 1 atom stereocenters. The molecule has 0 bridgehead atoms. The smallest absolute Gasteiger partial charge is 0.244 e. The Morgan fingerprint density at radius 2 is 1.46 bits per heavy atom. The van der Waals surface area contributed by atoms with Crippen LogP contribution in [0.1, 0.15) is 30.5 Å². The summed E-state index contributed by atoms with van der Waals surface area (Å²) < 4.78 is 33.0.